The van der Waals surface area contributed by atoms with Crippen molar-refractivity contribution >= 4 is 10.9 Å². The SMILES string of the molecule is C[C@@H](NC1CCCc2c1[nH]c1ccccc21)c1ccccc1. The first-order valence-electron chi connectivity index (χ1n) is 8.23. The van der Waals surface area contributed by atoms with Crippen LogP contribution in [0.3, 0.4) is 0 Å². The quantitative estimate of drug-likeness (QED) is 0.705. The lowest BCUT2D eigenvalue weighted by Gasteiger charge is -2.27. The molecule has 112 valence electrons. The normalized spacial score (nSPS) is 19.0. The van der Waals surface area contributed by atoms with E-state index in [4.69, 9.17) is 0 Å². The molecule has 2 N–H and O–H groups in total. The third kappa shape index (κ3) is 2.34. The number of hydrogen-bond acceptors (Lipinski definition) is 1. The van der Waals surface area contributed by atoms with Crippen LogP contribution >= 0.6 is 0 Å². The summed E-state index contributed by atoms with van der Waals surface area (Å²) in [6.07, 6.45) is 3.66. The van der Waals surface area contributed by atoms with Gasteiger partial charge in [0.15, 0.2) is 0 Å². The lowest BCUT2D eigenvalue weighted by atomic mass is 9.91. The van der Waals surface area contributed by atoms with Crippen molar-refractivity contribution in [3.8, 4) is 0 Å². The Morgan fingerprint density at radius 3 is 2.68 bits per heavy atom. The fraction of sp³-hybridized carbons (Fsp3) is 0.300. The van der Waals surface area contributed by atoms with Gasteiger partial charge in [0.05, 0.1) is 0 Å². The molecular formula is C20H22N2. The molecule has 1 aromatic heterocycles. The first-order chi connectivity index (χ1) is 10.8. The maximum Gasteiger partial charge on any atom is 0.0480 e. The molecule has 2 heteroatoms. The molecule has 1 aliphatic carbocycles. The van der Waals surface area contributed by atoms with Crippen molar-refractivity contribution in [1.82, 2.24) is 10.3 Å². The number of H-pyrrole nitrogens is 1. The molecule has 1 heterocycles. The highest BCUT2D eigenvalue weighted by Gasteiger charge is 2.25. The monoisotopic (exact) mass is 290 g/mol. The second-order valence-electron chi connectivity index (χ2n) is 6.31. The fourth-order valence-corrected chi connectivity index (χ4v) is 3.72. The summed E-state index contributed by atoms with van der Waals surface area (Å²) in [5, 5.41) is 5.22. The van der Waals surface area contributed by atoms with E-state index in [0.29, 0.717) is 12.1 Å². The molecule has 2 nitrogen and oxygen atoms in total. The molecule has 0 saturated heterocycles. The molecule has 0 saturated carbocycles. The number of nitrogens with one attached hydrogen (secondary N) is 2. The largest absolute Gasteiger partial charge is 0.357 e. The molecule has 1 aliphatic rings. The van der Waals surface area contributed by atoms with E-state index >= 15 is 0 Å². The predicted octanol–water partition coefficient (Wildman–Crippen LogP) is 4.90. The average molecular weight is 290 g/mol. The Hall–Kier alpha value is -2.06. The van der Waals surface area contributed by atoms with E-state index in [2.05, 4.69) is 71.8 Å². The smallest absolute Gasteiger partial charge is 0.0480 e. The van der Waals surface area contributed by atoms with Crippen LogP contribution in [0.2, 0.25) is 0 Å². The molecule has 0 radical (unpaired) electrons. The summed E-state index contributed by atoms with van der Waals surface area (Å²) in [4.78, 5) is 3.66. The lowest BCUT2D eigenvalue weighted by Crippen LogP contribution is -2.27. The Kier molecular flexibility index (Phi) is 3.47. The molecule has 0 fully saturated rings. The van der Waals surface area contributed by atoms with Gasteiger partial charge in [-0.2, -0.15) is 0 Å². The Balaban J connectivity index is 1.65. The van der Waals surface area contributed by atoms with E-state index in [-0.39, 0.29) is 0 Å². The number of aromatic amines is 1. The summed E-state index contributed by atoms with van der Waals surface area (Å²) in [6.45, 7) is 2.26. The van der Waals surface area contributed by atoms with Crippen LogP contribution in [-0.4, -0.2) is 4.98 Å². The maximum atomic E-state index is 3.82. The lowest BCUT2D eigenvalue weighted by molar-refractivity contribution is 0.410. The molecule has 0 amide bonds. The minimum absolute atomic E-state index is 0.364. The van der Waals surface area contributed by atoms with E-state index in [1.54, 1.807) is 0 Å². The van der Waals surface area contributed by atoms with Crippen molar-refractivity contribution in [1.29, 1.82) is 0 Å². The van der Waals surface area contributed by atoms with Gasteiger partial charge in [-0.15, -0.1) is 0 Å². The van der Waals surface area contributed by atoms with Gasteiger partial charge in [-0.1, -0.05) is 48.5 Å². The zero-order valence-electron chi connectivity index (χ0n) is 13.0. The van der Waals surface area contributed by atoms with Gasteiger partial charge in [-0.05, 0) is 43.4 Å². The Bertz CT molecular complexity index is 773. The number of fused-ring (bicyclic) bond motifs is 3. The van der Waals surface area contributed by atoms with Gasteiger partial charge in [0, 0.05) is 28.7 Å². The van der Waals surface area contributed by atoms with Crippen molar-refractivity contribution in [2.45, 2.75) is 38.3 Å². The Morgan fingerprint density at radius 1 is 1.05 bits per heavy atom. The average Bonchev–Trinajstić information content (AvgIpc) is 2.95. The summed E-state index contributed by atoms with van der Waals surface area (Å²) >= 11 is 0. The Morgan fingerprint density at radius 2 is 1.82 bits per heavy atom. The third-order valence-corrected chi connectivity index (χ3v) is 4.87. The zero-order valence-corrected chi connectivity index (χ0v) is 13.0. The summed E-state index contributed by atoms with van der Waals surface area (Å²) in [5.41, 5.74) is 5.54. The molecule has 4 rings (SSSR count). The highest BCUT2D eigenvalue weighted by atomic mass is 15.0. The van der Waals surface area contributed by atoms with Crippen LogP contribution in [0, 0.1) is 0 Å². The van der Waals surface area contributed by atoms with E-state index < -0.39 is 0 Å². The molecule has 2 atom stereocenters. The van der Waals surface area contributed by atoms with E-state index in [1.807, 2.05) is 0 Å². The minimum Gasteiger partial charge on any atom is -0.357 e. The van der Waals surface area contributed by atoms with Crippen LogP contribution in [-0.2, 0) is 6.42 Å². The molecular weight excluding hydrogens is 268 g/mol. The fourth-order valence-electron chi connectivity index (χ4n) is 3.72. The van der Waals surface area contributed by atoms with Gasteiger partial charge in [-0.3, -0.25) is 0 Å². The van der Waals surface area contributed by atoms with Crippen LogP contribution in [0.25, 0.3) is 10.9 Å². The molecule has 0 spiro atoms. The first-order valence-corrected chi connectivity index (χ1v) is 8.23. The second kappa shape index (κ2) is 5.62. The molecule has 0 aliphatic heterocycles. The number of aryl methyl sites for hydroxylation is 1. The zero-order chi connectivity index (χ0) is 14.9. The summed E-state index contributed by atoms with van der Waals surface area (Å²) in [6, 6.07) is 20.2. The number of hydrogen-bond donors (Lipinski definition) is 2. The van der Waals surface area contributed by atoms with Crippen molar-refractivity contribution in [3.05, 3.63) is 71.4 Å². The van der Waals surface area contributed by atoms with Gasteiger partial charge < -0.3 is 10.3 Å². The van der Waals surface area contributed by atoms with Crippen LogP contribution in [0.4, 0.5) is 0 Å². The van der Waals surface area contributed by atoms with Gasteiger partial charge >= 0.3 is 0 Å². The second-order valence-corrected chi connectivity index (χ2v) is 6.31. The first kappa shape index (κ1) is 13.6. The van der Waals surface area contributed by atoms with Crippen LogP contribution < -0.4 is 5.32 Å². The standard InChI is InChI=1S/C20H22N2/c1-14(15-8-3-2-4-9-15)21-19-13-7-11-17-16-10-5-6-12-18(16)22-20(17)19/h2-6,8-10,12,14,19,21-22H,7,11,13H2,1H3/t14-,19?/m1/s1. The molecule has 2 aromatic carbocycles. The van der Waals surface area contributed by atoms with Gasteiger partial charge in [0.25, 0.3) is 0 Å². The number of aromatic nitrogens is 1. The van der Waals surface area contributed by atoms with Crippen molar-refractivity contribution in [2.75, 3.05) is 0 Å². The third-order valence-electron chi connectivity index (χ3n) is 4.87. The minimum atomic E-state index is 0.364. The highest BCUT2D eigenvalue weighted by Crippen LogP contribution is 2.35. The number of rotatable bonds is 3. The van der Waals surface area contributed by atoms with Crippen molar-refractivity contribution in [3.63, 3.8) is 0 Å². The van der Waals surface area contributed by atoms with E-state index in [0.717, 1.165) is 0 Å². The van der Waals surface area contributed by atoms with Gasteiger partial charge in [0.2, 0.25) is 0 Å². The summed E-state index contributed by atoms with van der Waals surface area (Å²) in [5.74, 6) is 0. The molecule has 1 unspecified atom stereocenters. The van der Waals surface area contributed by atoms with Gasteiger partial charge in [-0.25, -0.2) is 0 Å². The van der Waals surface area contributed by atoms with Crippen molar-refractivity contribution in [2.24, 2.45) is 0 Å². The van der Waals surface area contributed by atoms with Crippen LogP contribution in [0.1, 0.15) is 48.7 Å². The summed E-state index contributed by atoms with van der Waals surface area (Å²) in [7, 11) is 0. The molecule has 3 aromatic rings. The number of benzene rings is 2. The predicted molar refractivity (Wildman–Crippen MR) is 92.0 cm³/mol. The maximum absolute atomic E-state index is 3.82. The van der Waals surface area contributed by atoms with Crippen LogP contribution in [0.15, 0.2) is 54.6 Å². The van der Waals surface area contributed by atoms with Gasteiger partial charge in [0.1, 0.15) is 0 Å². The van der Waals surface area contributed by atoms with E-state index in [9.17, 15) is 0 Å². The van der Waals surface area contributed by atoms with E-state index in [1.165, 1.54) is 47.0 Å². The molecule has 0 bridgehead atoms. The Labute approximate surface area is 131 Å². The summed E-state index contributed by atoms with van der Waals surface area (Å²) < 4.78 is 0. The van der Waals surface area contributed by atoms with Crippen LogP contribution in [0.5, 0.6) is 0 Å². The number of para-hydroxylation sites is 1. The molecule has 22 heavy (non-hydrogen) atoms. The highest BCUT2D eigenvalue weighted by molar-refractivity contribution is 5.85. The topological polar surface area (TPSA) is 27.8 Å². The van der Waals surface area contributed by atoms with Crippen molar-refractivity contribution < 1.29 is 0 Å².